The largest absolute Gasteiger partial charge is 0.444 e. The van der Waals surface area contributed by atoms with Crippen LogP contribution in [0.4, 0.5) is 9.18 Å². The van der Waals surface area contributed by atoms with Gasteiger partial charge in [0.1, 0.15) is 5.60 Å². The highest BCUT2D eigenvalue weighted by Gasteiger charge is 2.41. The van der Waals surface area contributed by atoms with Gasteiger partial charge in [-0.3, -0.25) is 4.79 Å². The molecule has 0 aromatic carbocycles. The molecule has 1 aliphatic heterocycles. The summed E-state index contributed by atoms with van der Waals surface area (Å²) in [7, 11) is 0. The highest BCUT2D eigenvalue weighted by molar-refractivity contribution is 5.89. The number of hydrogen-bond donors (Lipinski definition) is 0. The zero-order chi connectivity index (χ0) is 12.6. The van der Waals surface area contributed by atoms with Crippen molar-refractivity contribution in [2.45, 2.75) is 45.4 Å². The smallest absolute Gasteiger partial charge is 0.410 e. The minimum Gasteiger partial charge on any atom is -0.444 e. The first kappa shape index (κ1) is 12.9. The van der Waals surface area contributed by atoms with Crippen molar-refractivity contribution in [2.24, 2.45) is 0 Å². The third kappa shape index (κ3) is 3.18. The minimum absolute atomic E-state index is 0.0479. The highest BCUT2D eigenvalue weighted by atomic mass is 19.1. The van der Waals surface area contributed by atoms with E-state index in [0.29, 0.717) is 0 Å². The number of likely N-dealkylation sites (tertiary alicyclic amines) is 1. The van der Waals surface area contributed by atoms with Crippen molar-refractivity contribution < 1.29 is 18.7 Å². The van der Waals surface area contributed by atoms with E-state index in [2.05, 4.69) is 0 Å². The van der Waals surface area contributed by atoms with Crippen LogP contribution in [0.25, 0.3) is 0 Å². The van der Waals surface area contributed by atoms with Crippen LogP contribution in [-0.4, -0.2) is 41.1 Å². The molecule has 4 nitrogen and oxygen atoms in total. The summed E-state index contributed by atoms with van der Waals surface area (Å²) in [6.07, 6.45) is -0.518. The summed E-state index contributed by atoms with van der Waals surface area (Å²) < 4.78 is 18.8. The first-order valence-electron chi connectivity index (χ1n) is 5.32. The molecule has 1 fully saturated rings. The number of piperidine rings is 1. The van der Waals surface area contributed by atoms with Crippen molar-refractivity contribution in [3.8, 4) is 0 Å². The molecule has 5 heteroatoms. The van der Waals surface area contributed by atoms with Gasteiger partial charge in [0.05, 0.1) is 6.54 Å². The van der Waals surface area contributed by atoms with Gasteiger partial charge in [0.25, 0.3) is 0 Å². The molecule has 0 aromatic heterocycles. The third-order valence-corrected chi connectivity index (χ3v) is 2.33. The average Bonchev–Trinajstić information content (AvgIpc) is 2.06. The van der Waals surface area contributed by atoms with Gasteiger partial charge in [0, 0.05) is 13.0 Å². The summed E-state index contributed by atoms with van der Waals surface area (Å²) >= 11 is 0. The Morgan fingerprint density at radius 2 is 2.06 bits per heavy atom. The second-order valence-electron chi connectivity index (χ2n) is 5.27. The number of rotatable bonds is 0. The Labute approximate surface area is 94.7 Å². The van der Waals surface area contributed by atoms with Crippen molar-refractivity contribution in [1.82, 2.24) is 4.90 Å². The summed E-state index contributed by atoms with van der Waals surface area (Å²) in [6, 6.07) is 0. The van der Waals surface area contributed by atoms with Gasteiger partial charge in [-0.25, -0.2) is 9.18 Å². The van der Waals surface area contributed by atoms with Gasteiger partial charge in [-0.1, -0.05) is 0 Å². The molecule has 1 saturated heterocycles. The molecule has 0 aromatic rings. The second-order valence-corrected chi connectivity index (χ2v) is 5.27. The van der Waals surface area contributed by atoms with E-state index in [1.54, 1.807) is 20.8 Å². The molecule has 0 spiro atoms. The van der Waals surface area contributed by atoms with Crippen molar-refractivity contribution in [2.75, 3.05) is 13.1 Å². The zero-order valence-electron chi connectivity index (χ0n) is 10.2. The number of nitrogens with zero attached hydrogens (tertiary/aromatic N) is 1. The van der Waals surface area contributed by atoms with Gasteiger partial charge in [0.15, 0.2) is 11.5 Å². The summed E-state index contributed by atoms with van der Waals surface area (Å²) in [4.78, 5) is 24.1. The standard InChI is InChI=1S/C11H18FNO3/c1-10(2,3)16-9(15)13-6-5-8(14)11(4,12)7-13/h5-7H2,1-4H3. The Morgan fingerprint density at radius 1 is 1.50 bits per heavy atom. The maximum absolute atomic E-state index is 13.7. The SMILES string of the molecule is CC(C)(C)OC(=O)N1CCC(=O)C(C)(F)C1. The molecule has 0 N–H and O–H groups in total. The molecule has 0 saturated carbocycles. The van der Waals surface area contributed by atoms with E-state index in [1.165, 1.54) is 11.8 Å². The Hall–Kier alpha value is -1.13. The average molecular weight is 231 g/mol. The van der Waals surface area contributed by atoms with Crippen LogP contribution in [-0.2, 0) is 9.53 Å². The Balaban J connectivity index is 2.63. The van der Waals surface area contributed by atoms with Crippen LogP contribution in [0.2, 0.25) is 0 Å². The molecule has 16 heavy (non-hydrogen) atoms. The van der Waals surface area contributed by atoms with Crippen LogP contribution < -0.4 is 0 Å². The highest BCUT2D eigenvalue weighted by Crippen LogP contribution is 2.22. The van der Waals surface area contributed by atoms with Gasteiger partial charge in [0.2, 0.25) is 0 Å². The Kier molecular flexibility index (Phi) is 3.26. The third-order valence-electron chi connectivity index (χ3n) is 2.33. The lowest BCUT2D eigenvalue weighted by molar-refractivity contribution is -0.134. The van der Waals surface area contributed by atoms with E-state index >= 15 is 0 Å². The van der Waals surface area contributed by atoms with Crippen LogP contribution in [0.15, 0.2) is 0 Å². The van der Waals surface area contributed by atoms with E-state index in [1.807, 2.05) is 0 Å². The van der Waals surface area contributed by atoms with Gasteiger partial charge < -0.3 is 9.64 Å². The van der Waals surface area contributed by atoms with Crippen LogP contribution in [0, 0.1) is 0 Å². The quantitative estimate of drug-likeness (QED) is 0.640. The normalized spacial score (nSPS) is 26.8. The van der Waals surface area contributed by atoms with Crippen molar-refractivity contribution in [3.05, 3.63) is 0 Å². The van der Waals surface area contributed by atoms with Crippen molar-refractivity contribution in [3.63, 3.8) is 0 Å². The van der Waals surface area contributed by atoms with E-state index in [-0.39, 0.29) is 19.5 Å². The lowest BCUT2D eigenvalue weighted by atomic mass is 9.96. The molecule has 1 atom stereocenters. The van der Waals surface area contributed by atoms with Gasteiger partial charge in [-0.15, -0.1) is 0 Å². The molecule has 1 aliphatic rings. The topological polar surface area (TPSA) is 46.6 Å². The van der Waals surface area contributed by atoms with E-state index in [4.69, 9.17) is 4.74 Å². The number of amides is 1. The number of carbonyl (C=O) groups excluding carboxylic acids is 2. The monoisotopic (exact) mass is 231 g/mol. The van der Waals surface area contributed by atoms with Gasteiger partial charge in [-0.2, -0.15) is 0 Å². The summed E-state index contributed by atoms with van der Waals surface area (Å²) in [5, 5.41) is 0. The molecular weight excluding hydrogens is 213 g/mol. The number of alkyl halides is 1. The molecular formula is C11H18FNO3. The molecule has 1 unspecified atom stereocenters. The number of ketones is 1. The van der Waals surface area contributed by atoms with E-state index in [0.717, 1.165) is 0 Å². The van der Waals surface area contributed by atoms with Crippen LogP contribution >= 0.6 is 0 Å². The fraction of sp³-hybridized carbons (Fsp3) is 0.818. The van der Waals surface area contributed by atoms with Gasteiger partial charge >= 0.3 is 6.09 Å². The maximum Gasteiger partial charge on any atom is 0.410 e. The molecule has 1 rings (SSSR count). The van der Waals surface area contributed by atoms with Crippen LogP contribution in [0.3, 0.4) is 0 Å². The number of halogens is 1. The van der Waals surface area contributed by atoms with Crippen molar-refractivity contribution in [1.29, 1.82) is 0 Å². The lowest BCUT2D eigenvalue weighted by Crippen LogP contribution is -2.52. The number of Topliss-reactive ketones (excluding diaryl/α,β-unsaturated/α-hetero) is 1. The van der Waals surface area contributed by atoms with E-state index < -0.39 is 23.1 Å². The predicted octanol–water partition coefficient (Wildman–Crippen LogP) is 1.92. The maximum atomic E-state index is 13.7. The number of hydrogen-bond acceptors (Lipinski definition) is 3. The first-order chi connectivity index (χ1) is 7.12. The van der Waals surface area contributed by atoms with E-state index in [9.17, 15) is 14.0 Å². The first-order valence-corrected chi connectivity index (χ1v) is 5.32. The predicted molar refractivity (Wildman–Crippen MR) is 56.9 cm³/mol. The molecule has 92 valence electrons. The van der Waals surface area contributed by atoms with Crippen molar-refractivity contribution >= 4 is 11.9 Å². The molecule has 0 bridgehead atoms. The molecule has 1 amide bonds. The molecule has 0 aliphatic carbocycles. The lowest BCUT2D eigenvalue weighted by Gasteiger charge is -2.34. The molecule has 0 radical (unpaired) electrons. The summed E-state index contributed by atoms with van der Waals surface area (Å²) in [6.45, 7) is 6.44. The second kappa shape index (κ2) is 4.03. The summed E-state index contributed by atoms with van der Waals surface area (Å²) in [5.74, 6) is -0.452. The molecule has 1 heterocycles. The zero-order valence-corrected chi connectivity index (χ0v) is 10.2. The van der Waals surface area contributed by atoms with Crippen LogP contribution in [0.5, 0.6) is 0 Å². The number of carbonyl (C=O) groups is 2. The van der Waals surface area contributed by atoms with Crippen LogP contribution in [0.1, 0.15) is 34.1 Å². The minimum atomic E-state index is -1.95. The fourth-order valence-corrected chi connectivity index (χ4v) is 1.51. The Bertz CT molecular complexity index is 307. The van der Waals surface area contributed by atoms with Gasteiger partial charge in [-0.05, 0) is 27.7 Å². The Morgan fingerprint density at radius 3 is 2.50 bits per heavy atom. The summed E-state index contributed by atoms with van der Waals surface area (Å²) in [5.41, 5.74) is -2.56. The number of ether oxygens (including phenoxy) is 1. The fourth-order valence-electron chi connectivity index (χ4n) is 1.51.